The van der Waals surface area contributed by atoms with Gasteiger partial charge in [-0.2, -0.15) is 0 Å². The van der Waals surface area contributed by atoms with Gasteiger partial charge in [0, 0.05) is 17.0 Å². The molecule has 0 N–H and O–H groups in total. The van der Waals surface area contributed by atoms with E-state index < -0.39 is 0 Å². The molecule has 0 saturated heterocycles. The molecule has 4 rings (SSSR count). The van der Waals surface area contributed by atoms with Gasteiger partial charge in [0.1, 0.15) is 28.6 Å². The summed E-state index contributed by atoms with van der Waals surface area (Å²) in [5.41, 5.74) is 2.51. The molecule has 1 aromatic heterocycles. The summed E-state index contributed by atoms with van der Waals surface area (Å²) in [6.45, 7) is 5.16. The van der Waals surface area contributed by atoms with Crippen molar-refractivity contribution in [1.82, 2.24) is 0 Å². The van der Waals surface area contributed by atoms with Crippen LogP contribution in [0.1, 0.15) is 13.8 Å². The highest BCUT2D eigenvalue weighted by atomic mass is 16.5. The number of hydrogen-bond donors (Lipinski definition) is 0. The summed E-state index contributed by atoms with van der Waals surface area (Å²) in [4.78, 5) is 4.90. The van der Waals surface area contributed by atoms with E-state index in [-0.39, 0.29) is 0 Å². The van der Waals surface area contributed by atoms with Gasteiger partial charge in [0.05, 0.1) is 31.4 Å². The van der Waals surface area contributed by atoms with Crippen LogP contribution in [-0.2, 0) is 0 Å². The van der Waals surface area contributed by atoms with Gasteiger partial charge in [0.2, 0.25) is 0 Å². The quantitative estimate of drug-likeness (QED) is 0.364. The van der Waals surface area contributed by atoms with E-state index in [1.807, 2.05) is 86.6 Å². The molecule has 0 aliphatic rings. The average Bonchev–Trinajstić information content (AvgIpc) is 2.81. The Labute approximate surface area is 181 Å². The smallest absolute Gasteiger partial charge is 0.137 e. The van der Waals surface area contributed by atoms with Gasteiger partial charge in [-0.25, -0.2) is 4.99 Å². The predicted molar refractivity (Wildman–Crippen MR) is 122 cm³/mol. The molecular formula is C26H25NO4. The normalized spacial score (nSPS) is 11.5. The standard InChI is InChI=1S/C26H25NO4/c1-4-29-21-12-8-19(9-13-21)27-24-17-26(18-6-10-20(28-3)11-7-18)31-25-15-14-22(30-5-2)16-23(24)25/h6-17H,4-5H2,1-3H3. The van der Waals surface area contributed by atoms with Crippen LogP contribution in [0.25, 0.3) is 22.3 Å². The number of nitrogens with zero attached hydrogens (tertiary/aromatic N) is 1. The molecule has 5 heteroatoms. The SMILES string of the molecule is CCOc1ccc(N=c2cc(-c3ccc(OC)cc3)oc3ccc(OCC)cc23)cc1. The van der Waals surface area contributed by atoms with Crippen molar-refractivity contribution < 1.29 is 18.6 Å². The Bertz CT molecular complexity index is 1230. The number of fused-ring (bicyclic) bond motifs is 1. The maximum Gasteiger partial charge on any atom is 0.137 e. The van der Waals surface area contributed by atoms with Gasteiger partial charge in [-0.05, 0) is 80.6 Å². The van der Waals surface area contributed by atoms with Crippen molar-refractivity contribution in [3.8, 4) is 28.6 Å². The Morgan fingerprint density at radius 1 is 0.742 bits per heavy atom. The third-order valence-electron chi connectivity index (χ3n) is 4.80. The van der Waals surface area contributed by atoms with Gasteiger partial charge in [-0.3, -0.25) is 0 Å². The molecule has 0 atom stereocenters. The zero-order chi connectivity index (χ0) is 21.6. The minimum atomic E-state index is 0.595. The highest BCUT2D eigenvalue weighted by molar-refractivity contribution is 5.80. The maximum absolute atomic E-state index is 6.21. The molecule has 1 heterocycles. The summed E-state index contributed by atoms with van der Waals surface area (Å²) in [6.07, 6.45) is 0. The molecule has 4 aromatic rings. The number of methoxy groups -OCH3 is 1. The van der Waals surface area contributed by atoms with E-state index in [1.54, 1.807) is 7.11 Å². The summed E-state index contributed by atoms with van der Waals surface area (Å²) >= 11 is 0. The lowest BCUT2D eigenvalue weighted by Gasteiger charge is -2.08. The first-order valence-corrected chi connectivity index (χ1v) is 10.3. The lowest BCUT2D eigenvalue weighted by Crippen LogP contribution is -2.04. The highest BCUT2D eigenvalue weighted by Crippen LogP contribution is 2.27. The summed E-state index contributed by atoms with van der Waals surface area (Å²) in [7, 11) is 1.65. The Kier molecular flexibility index (Phi) is 6.22. The Morgan fingerprint density at radius 3 is 2.06 bits per heavy atom. The van der Waals surface area contributed by atoms with E-state index in [1.165, 1.54) is 0 Å². The number of ether oxygens (including phenoxy) is 3. The fraction of sp³-hybridized carbons (Fsp3) is 0.192. The minimum absolute atomic E-state index is 0.595. The molecule has 158 valence electrons. The largest absolute Gasteiger partial charge is 0.497 e. The third kappa shape index (κ3) is 4.72. The zero-order valence-corrected chi connectivity index (χ0v) is 17.9. The molecule has 0 saturated carbocycles. The van der Waals surface area contributed by atoms with Crippen LogP contribution < -0.4 is 19.6 Å². The summed E-state index contributed by atoms with van der Waals surface area (Å²) in [5.74, 6) is 3.13. The van der Waals surface area contributed by atoms with Crippen LogP contribution in [0.15, 0.2) is 82.2 Å². The molecule has 0 amide bonds. The van der Waals surface area contributed by atoms with Crippen LogP contribution in [-0.4, -0.2) is 20.3 Å². The second-order valence-corrected chi connectivity index (χ2v) is 6.85. The second-order valence-electron chi connectivity index (χ2n) is 6.85. The van der Waals surface area contributed by atoms with Crippen LogP contribution in [0.2, 0.25) is 0 Å². The van der Waals surface area contributed by atoms with Crippen molar-refractivity contribution in [3.63, 3.8) is 0 Å². The number of hydrogen-bond acceptors (Lipinski definition) is 5. The van der Waals surface area contributed by atoms with Gasteiger partial charge in [-0.15, -0.1) is 0 Å². The fourth-order valence-corrected chi connectivity index (χ4v) is 3.32. The summed E-state index contributed by atoms with van der Waals surface area (Å²) in [5, 5.41) is 1.69. The molecule has 0 aliphatic carbocycles. The van der Waals surface area contributed by atoms with Crippen molar-refractivity contribution in [2.75, 3.05) is 20.3 Å². The van der Waals surface area contributed by atoms with Crippen LogP contribution in [0.4, 0.5) is 5.69 Å². The molecule has 0 unspecified atom stereocenters. The lowest BCUT2D eigenvalue weighted by atomic mass is 10.1. The van der Waals surface area contributed by atoms with Gasteiger partial charge in [0.15, 0.2) is 0 Å². The number of rotatable bonds is 7. The van der Waals surface area contributed by atoms with E-state index in [2.05, 4.69) is 0 Å². The number of benzene rings is 3. The van der Waals surface area contributed by atoms with Crippen LogP contribution in [0.5, 0.6) is 17.2 Å². The van der Waals surface area contributed by atoms with Gasteiger partial charge in [0.25, 0.3) is 0 Å². The summed E-state index contributed by atoms with van der Waals surface area (Å²) < 4.78 is 22.7. The van der Waals surface area contributed by atoms with Crippen molar-refractivity contribution in [2.24, 2.45) is 4.99 Å². The van der Waals surface area contributed by atoms with Crippen molar-refractivity contribution in [2.45, 2.75) is 13.8 Å². The average molecular weight is 415 g/mol. The van der Waals surface area contributed by atoms with E-state index in [4.69, 9.17) is 23.6 Å². The maximum atomic E-state index is 6.21. The molecule has 0 spiro atoms. The van der Waals surface area contributed by atoms with Crippen LogP contribution in [0, 0.1) is 0 Å². The highest BCUT2D eigenvalue weighted by Gasteiger charge is 2.08. The van der Waals surface area contributed by atoms with Crippen LogP contribution >= 0.6 is 0 Å². The summed E-state index contributed by atoms with van der Waals surface area (Å²) in [6, 6.07) is 23.3. The monoisotopic (exact) mass is 415 g/mol. The third-order valence-corrected chi connectivity index (χ3v) is 4.80. The molecular weight excluding hydrogens is 390 g/mol. The topological polar surface area (TPSA) is 53.2 Å². The van der Waals surface area contributed by atoms with Crippen molar-refractivity contribution in [1.29, 1.82) is 0 Å². The molecule has 0 bridgehead atoms. The van der Waals surface area contributed by atoms with Crippen molar-refractivity contribution in [3.05, 3.63) is 78.2 Å². The lowest BCUT2D eigenvalue weighted by molar-refractivity contribution is 0.340. The second kappa shape index (κ2) is 9.39. The van der Waals surface area contributed by atoms with E-state index in [0.717, 1.165) is 50.6 Å². The van der Waals surface area contributed by atoms with E-state index in [0.29, 0.717) is 13.2 Å². The van der Waals surface area contributed by atoms with Crippen LogP contribution in [0.3, 0.4) is 0 Å². The Hall–Kier alpha value is -3.73. The fourth-order valence-electron chi connectivity index (χ4n) is 3.32. The van der Waals surface area contributed by atoms with E-state index >= 15 is 0 Å². The van der Waals surface area contributed by atoms with Gasteiger partial charge >= 0.3 is 0 Å². The predicted octanol–water partition coefficient (Wildman–Crippen LogP) is 6.14. The molecule has 31 heavy (non-hydrogen) atoms. The molecule has 0 fully saturated rings. The van der Waals surface area contributed by atoms with Gasteiger partial charge < -0.3 is 18.6 Å². The first-order chi connectivity index (χ1) is 15.2. The molecule has 0 radical (unpaired) electrons. The van der Waals surface area contributed by atoms with E-state index in [9.17, 15) is 0 Å². The minimum Gasteiger partial charge on any atom is -0.497 e. The molecule has 5 nitrogen and oxygen atoms in total. The zero-order valence-electron chi connectivity index (χ0n) is 17.9. The first kappa shape index (κ1) is 20.5. The molecule has 3 aromatic carbocycles. The molecule has 0 aliphatic heterocycles. The van der Waals surface area contributed by atoms with Gasteiger partial charge in [-0.1, -0.05) is 0 Å². The Balaban J connectivity index is 1.87. The Morgan fingerprint density at radius 2 is 1.39 bits per heavy atom. The van der Waals surface area contributed by atoms with Crippen molar-refractivity contribution >= 4 is 16.7 Å². The first-order valence-electron chi connectivity index (χ1n) is 10.3.